The average Bonchev–Trinajstić information content (AvgIpc) is 2.81. The normalized spacial score (nSPS) is 14.2. The third-order valence-corrected chi connectivity index (χ3v) is 5.96. The van der Waals surface area contributed by atoms with Crippen molar-refractivity contribution in [2.24, 2.45) is 12.8 Å². The summed E-state index contributed by atoms with van der Waals surface area (Å²) < 4.78 is 30.5. The highest BCUT2D eigenvalue weighted by atomic mass is 19.1. The van der Waals surface area contributed by atoms with Gasteiger partial charge in [-0.1, -0.05) is 18.2 Å². The van der Waals surface area contributed by atoms with E-state index >= 15 is 0 Å². The lowest BCUT2D eigenvalue weighted by atomic mass is 9.99. The number of piperidine rings is 1. The quantitative estimate of drug-likeness (QED) is 0.589. The molecule has 1 fully saturated rings. The van der Waals surface area contributed by atoms with Gasteiger partial charge in [-0.15, -0.1) is 0 Å². The first-order chi connectivity index (χ1) is 15.8. The topological polar surface area (TPSA) is 80.5 Å². The lowest BCUT2D eigenvalue weighted by molar-refractivity contribution is 0.490. The second-order valence-corrected chi connectivity index (χ2v) is 8.05. The zero-order chi connectivity index (χ0) is 23.7. The molecule has 1 aliphatic rings. The van der Waals surface area contributed by atoms with E-state index in [0.29, 0.717) is 35.9 Å². The predicted octanol–water partition coefficient (Wildman–Crippen LogP) is 3.91. The highest BCUT2D eigenvalue weighted by molar-refractivity contribution is 5.82. The monoisotopic (exact) mass is 450 g/mol. The summed E-state index contributed by atoms with van der Waals surface area (Å²) >= 11 is 0. The Morgan fingerprint density at radius 3 is 2.39 bits per heavy atom. The molecule has 170 valence electrons. The fraction of sp³-hybridized carbons (Fsp3) is 0.292. The molecule has 1 saturated heterocycles. The fourth-order valence-corrected chi connectivity index (χ4v) is 4.06. The summed E-state index contributed by atoms with van der Waals surface area (Å²) in [6.45, 7) is 8.37. The van der Waals surface area contributed by atoms with Crippen LogP contribution in [0, 0.1) is 18.2 Å². The van der Waals surface area contributed by atoms with E-state index in [2.05, 4.69) is 10.2 Å². The molecule has 0 saturated carbocycles. The van der Waals surface area contributed by atoms with Crippen molar-refractivity contribution in [3.05, 3.63) is 69.8 Å². The molecule has 2 heterocycles. The molecule has 0 radical (unpaired) electrons. The van der Waals surface area contributed by atoms with Gasteiger partial charge < -0.3 is 16.0 Å². The molecule has 0 spiro atoms. The molecule has 3 N–H and O–H groups in total. The number of hydrogen-bond acceptors (Lipinski definition) is 5. The second-order valence-electron chi connectivity index (χ2n) is 8.05. The van der Waals surface area contributed by atoms with Crippen molar-refractivity contribution in [3.63, 3.8) is 0 Å². The fourth-order valence-electron chi connectivity index (χ4n) is 4.06. The van der Waals surface area contributed by atoms with Gasteiger partial charge in [0.2, 0.25) is 11.6 Å². The Kier molecular flexibility index (Phi) is 6.11. The molecule has 7 nitrogen and oxygen atoms in total. The molecule has 33 heavy (non-hydrogen) atoms. The van der Waals surface area contributed by atoms with Crippen molar-refractivity contribution in [2.45, 2.75) is 18.9 Å². The number of nitrogens with zero attached hydrogens (tertiary/aromatic N) is 4. The van der Waals surface area contributed by atoms with Gasteiger partial charge in [-0.3, -0.25) is 9.36 Å². The van der Waals surface area contributed by atoms with Crippen LogP contribution in [0.2, 0.25) is 0 Å². The molecule has 1 aromatic heterocycles. The number of nitrogens with one attached hydrogen (secondary N) is 1. The number of rotatable bonds is 4. The van der Waals surface area contributed by atoms with Gasteiger partial charge in [0.1, 0.15) is 11.6 Å². The molecule has 2 aromatic carbocycles. The number of aromatic nitrogens is 2. The highest BCUT2D eigenvalue weighted by Gasteiger charge is 2.25. The van der Waals surface area contributed by atoms with Crippen molar-refractivity contribution in [1.82, 2.24) is 9.55 Å². The minimum atomic E-state index is -0.710. The second kappa shape index (κ2) is 9.00. The van der Waals surface area contributed by atoms with Crippen LogP contribution in [0.3, 0.4) is 0 Å². The van der Waals surface area contributed by atoms with Crippen LogP contribution in [0.1, 0.15) is 12.8 Å². The van der Waals surface area contributed by atoms with Crippen molar-refractivity contribution >= 4 is 17.3 Å². The molecule has 0 bridgehead atoms. The first-order valence-corrected chi connectivity index (χ1v) is 10.6. The Morgan fingerprint density at radius 2 is 1.79 bits per heavy atom. The highest BCUT2D eigenvalue weighted by Crippen LogP contribution is 2.33. The Hall–Kier alpha value is -3.77. The van der Waals surface area contributed by atoms with Crippen molar-refractivity contribution in [1.29, 1.82) is 0 Å². The Balaban J connectivity index is 1.96. The molecule has 0 atom stereocenters. The van der Waals surface area contributed by atoms with Gasteiger partial charge in [0.25, 0.3) is 5.56 Å². The van der Waals surface area contributed by atoms with Gasteiger partial charge >= 0.3 is 0 Å². The van der Waals surface area contributed by atoms with Crippen LogP contribution in [0.25, 0.3) is 27.2 Å². The minimum Gasteiger partial charge on any atom is -0.386 e. The molecule has 9 heteroatoms. The van der Waals surface area contributed by atoms with E-state index in [1.165, 1.54) is 28.8 Å². The molecular weight excluding hydrogens is 426 g/mol. The summed E-state index contributed by atoms with van der Waals surface area (Å²) in [7, 11) is 3.22. The summed E-state index contributed by atoms with van der Waals surface area (Å²) in [5.41, 5.74) is 6.86. The SMILES string of the molecule is [C-]#[N+]c1ccc(-c2nc(N3CCC(N)CC3)n(C)c(=O)c2-c2ccc(NC)c(F)c2)cc1F. The van der Waals surface area contributed by atoms with E-state index in [0.717, 1.165) is 12.8 Å². The molecule has 4 rings (SSSR count). The van der Waals surface area contributed by atoms with E-state index in [1.807, 2.05) is 4.90 Å². The molecule has 3 aromatic rings. The average molecular weight is 450 g/mol. The van der Waals surface area contributed by atoms with Gasteiger partial charge in [-0.05, 0) is 36.6 Å². The van der Waals surface area contributed by atoms with Crippen LogP contribution in [-0.4, -0.2) is 35.7 Å². The largest absolute Gasteiger partial charge is 0.386 e. The van der Waals surface area contributed by atoms with E-state index in [4.69, 9.17) is 17.3 Å². The lowest BCUT2D eigenvalue weighted by Crippen LogP contribution is -2.42. The van der Waals surface area contributed by atoms with Crippen LogP contribution in [-0.2, 0) is 7.05 Å². The Bertz CT molecular complexity index is 1310. The maximum absolute atomic E-state index is 14.6. The maximum Gasteiger partial charge on any atom is 0.263 e. The summed E-state index contributed by atoms with van der Waals surface area (Å²) in [5, 5.41) is 2.75. The summed E-state index contributed by atoms with van der Waals surface area (Å²) in [6, 6.07) is 8.61. The third-order valence-electron chi connectivity index (χ3n) is 5.96. The van der Waals surface area contributed by atoms with Gasteiger partial charge in [0, 0.05) is 38.8 Å². The molecular formula is C24H24F2N6O. The van der Waals surface area contributed by atoms with Gasteiger partial charge in [0.15, 0.2) is 0 Å². The van der Waals surface area contributed by atoms with Crippen molar-refractivity contribution in [2.75, 3.05) is 30.4 Å². The number of benzene rings is 2. The molecule has 0 amide bonds. The molecule has 0 aliphatic carbocycles. The first-order valence-electron chi connectivity index (χ1n) is 10.6. The minimum absolute atomic E-state index is 0.0981. The standard InChI is InChI=1S/C24H24F2N6O/c1-28-19-6-4-14(12-17(19)25)21-22(15-5-7-20(29-2)18(26)13-15)30-24(31(3)23(21)33)32-10-8-16(27)9-11-32/h4-7,12-13,16,28H,8-11,27H2,1,3H3. The summed E-state index contributed by atoms with van der Waals surface area (Å²) in [4.78, 5) is 23.5. The van der Waals surface area contributed by atoms with Crippen LogP contribution < -0.4 is 21.5 Å². The zero-order valence-corrected chi connectivity index (χ0v) is 18.4. The third kappa shape index (κ3) is 4.17. The van der Waals surface area contributed by atoms with E-state index in [9.17, 15) is 13.6 Å². The molecule has 1 aliphatic heterocycles. The summed E-state index contributed by atoms with van der Waals surface area (Å²) in [6.07, 6.45) is 1.52. The van der Waals surface area contributed by atoms with Crippen LogP contribution >= 0.6 is 0 Å². The van der Waals surface area contributed by atoms with Gasteiger partial charge in [-0.25, -0.2) is 18.6 Å². The Morgan fingerprint density at radius 1 is 1.12 bits per heavy atom. The van der Waals surface area contributed by atoms with E-state index in [-0.39, 0.29) is 28.5 Å². The summed E-state index contributed by atoms with van der Waals surface area (Å²) in [5.74, 6) is -0.794. The van der Waals surface area contributed by atoms with Gasteiger partial charge in [0.05, 0.1) is 23.5 Å². The first kappa shape index (κ1) is 22.4. The Labute approximate surface area is 190 Å². The van der Waals surface area contributed by atoms with E-state index < -0.39 is 11.6 Å². The lowest BCUT2D eigenvalue weighted by Gasteiger charge is -2.32. The van der Waals surface area contributed by atoms with Crippen molar-refractivity contribution < 1.29 is 8.78 Å². The maximum atomic E-state index is 14.6. The van der Waals surface area contributed by atoms with Crippen LogP contribution in [0.15, 0.2) is 41.2 Å². The predicted molar refractivity (Wildman–Crippen MR) is 125 cm³/mol. The zero-order valence-electron chi connectivity index (χ0n) is 18.4. The number of halogens is 2. The number of nitrogens with two attached hydrogens (primary N) is 1. The van der Waals surface area contributed by atoms with Gasteiger partial charge in [-0.2, -0.15) is 0 Å². The van der Waals surface area contributed by atoms with E-state index in [1.54, 1.807) is 26.2 Å². The van der Waals surface area contributed by atoms with Crippen LogP contribution in [0.5, 0.6) is 0 Å². The smallest absolute Gasteiger partial charge is 0.263 e. The number of anilines is 2. The van der Waals surface area contributed by atoms with Crippen molar-refractivity contribution in [3.8, 4) is 22.4 Å². The number of hydrogen-bond donors (Lipinski definition) is 2. The molecule has 0 unspecified atom stereocenters. The van der Waals surface area contributed by atoms with Crippen LogP contribution in [0.4, 0.5) is 26.1 Å².